The first kappa shape index (κ1) is 28.2. The zero-order valence-corrected chi connectivity index (χ0v) is 23.4. The van der Waals surface area contributed by atoms with Gasteiger partial charge in [-0.15, -0.1) is 0 Å². The SMILES string of the molecule is COC(=O)c1ccc(/C=C(\COc2cccc3ccccc23)CN(C(=O)OC(C)(C)C)C2CCCCC2)cc1. The summed E-state index contributed by atoms with van der Waals surface area (Å²) in [5.41, 5.74) is 1.75. The van der Waals surface area contributed by atoms with Crippen LogP contribution < -0.4 is 4.74 Å². The quantitative estimate of drug-likeness (QED) is 0.280. The number of rotatable bonds is 8. The highest BCUT2D eigenvalue weighted by molar-refractivity contribution is 5.89. The Labute approximate surface area is 231 Å². The lowest BCUT2D eigenvalue weighted by Crippen LogP contribution is -2.45. The molecular weight excluding hydrogens is 490 g/mol. The maximum absolute atomic E-state index is 13.4. The summed E-state index contributed by atoms with van der Waals surface area (Å²) >= 11 is 0. The first-order chi connectivity index (χ1) is 18.7. The van der Waals surface area contributed by atoms with Gasteiger partial charge in [-0.25, -0.2) is 9.59 Å². The molecule has 0 radical (unpaired) electrons. The van der Waals surface area contributed by atoms with Crippen molar-refractivity contribution < 1.29 is 23.8 Å². The summed E-state index contributed by atoms with van der Waals surface area (Å²) in [5.74, 6) is 0.417. The van der Waals surface area contributed by atoms with Gasteiger partial charge in [-0.3, -0.25) is 0 Å². The summed E-state index contributed by atoms with van der Waals surface area (Å²) in [4.78, 5) is 27.2. The van der Waals surface area contributed by atoms with Gasteiger partial charge in [0.25, 0.3) is 0 Å². The van der Waals surface area contributed by atoms with Crippen LogP contribution in [0.2, 0.25) is 0 Å². The van der Waals surface area contributed by atoms with Crippen molar-refractivity contribution in [2.45, 2.75) is 64.5 Å². The van der Waals surface area contributed by atoms with E-state index in [2.05, 4.69) is 18.2 Å². The number of ether oxygens (including phenoxy) is 3. The third kappa shape index (κ3) is 7.85. The van der Waals surface area contributed by atoms with Gasteiger partial charge in [0.2, 0.25) is 0 Å². The minimum atomic E-state index is -0.586. The molecule has 0 unspecified atom stereocenters. The Hall–Kier alpha value is -3.80. The normalized spacial score (nSPS) is 14.6. The van der Waals surface area contributed by atoms with Crippen LogP contribution in [0.5, 0.6) is 5.75 Å². The number of benzene rings is 3. The van der Waals surface area contributed by atoms with Gasteiger partial charge in [-0.1, -0.05) is 73.9 Å². The van der Waals surface area contributed by atoms with Gasteiger partial charge in [0, 0.05) is 18.0 Å². The number of amides is 1. The van der Waals surface area contributed by atoms with Crippen LogP contribution in [-0.2, 0) is 9.47 Å². The smallest absolute Gasteiger partial charge is 0.410 e. The first-order valence-corrected chi connectivity index (χ1v) is 13.7. The van der Waals surface area contributed by atoms with Gasteiger partial charge in [0.05, 0.1) is 12.7 Å². The molecule has 4 rings (SSSR count). The van der Waals surface area contributed by atoms with Gasteiger partial charge in [-0.05, 0) is 68.3 Å². The van der Waals surface area contributed by atoms with Crippen LogP contribution >= 0.6 is 0 Å². The van der Waals surface area contributed by atoms with E-state index in [0.29, 0.717) is 18.7 Å². The van der Waals surface area contributed by atoms with Crippen LogP contribution in [0.3, 0.4) is 0 Å². The summed E-state index contributed by atoms with van der Waals surface area (Å²) in [5, 5.41) is 2.15. The van der Waals surface area contributed by atoms with E-state index < -0.39 is 5.60 Å². The van der Waals surface area contributed by atoms with Crippen LogP contribution in [0, 0.1) is 0 Å². The number of hydrogen-bond donors (Lipinski definition) is 0. The van der Waals surface area contributed by atoms with Crippen molar-refractivity contribution >= 4 is 28.9 Å². The average molecular weight is 530 g/mol. The second-order valence-corrected chi connectivity index (χ2v) is 11.1. The van der Waals surface area contributed by atoms with Crippen molar-refractivity contribution in [1.29, 1.82) is 0 Å². The largest absolute Gasteiger partial charge is 0.489 e. The van der Waals surface area contributed by atoms with Crippen molar-refractivity contribution in [3.05, 3.63) is 83.4 Å². The maximum atomic E-state index is 13.4. The Morgan fingerprint density at radius 2 is 1.62 bits per heavy atom. The van der Waals surface area contributed by atoms with Crippen molar-refractivity contribution in [3.63, 3.8) is 0 Å². The molecule has 3 aromatic carbocycles. The number of fused-ring (bicyclic) bond motifs is 1. The number of nitrogens with zero attached hydrogens (tertiary/aromatic N) is 1. The molecule has 6 nitrogen and oxygen atoms in total. The molecule has 1 aliphatic carbocycles. The number of carbonyl (C=O) groups is 2. The summed E-state index contributed by atoms with van der Waals surface area (Å²) < 4.78 is 17.1. The molecule has 0 saturated heterocycles. The van der Waals surface area contributed by atoms with Gasteiger partial charge >= 0.3 is 12.1 Å². The molecule has 3 aromatic rings. The monoisotopic (exact) mass is 529 g/mol. The molecule has 1 saturated carbocycles. The molecule has 1 fully saturated rings. The lowest BCUT2D eigenvalue weighted by Gasteiger charge is -2.36. The molecule has 6 heteroatoms. The van der Waals surface area contributed by atoms with Gasteiger partial charge in [0.1, 0.15) is 18.0 Å². The van der Waals surface area contributed by atoms with Crippen LogP contribution in [0.4, 0.5) is 4.79 Å². The fourth-order valence-electron chi connectivity index (χ4n) is 4.97. The topological polar surface area (TPSA) is 65.1 Å². The molecule has 1 amide bonds. The summed E-state index contributed by atoms with van der Waals surface area (Å²) in [6.07, 6.45) is 7.06. The molecule has 0 bridgehead atoms. The van der Waals surface area contributed by atoms with E-state index in [-0.39, 0.29) is 18.1 Å². The van der Waals surface area contributed by atoms with E-state index in [1.165, 1.54) is 13.5 Å². The molecule has 0 heterocycles. The van der Waals surface area contributed by atoms with E-state index in [9.17, 15) is 9.59 Å². The van der Waals surface area contributed by atoms with E-state index in [1.807, 2.05) is 68.1 Å². The Kier molecular flexibility index (Phi) is 9.28. The predicted octanol–water partition coefficient (Wildman–Crippen LogP) is 7.66. The highest BCUT2D eigenvalue weighted by Gasteiger charge is 2.30. The lowest BCUT2D eigenvalue weighted by molar-refractivity contribution is 0.0141. The van der Waals surface area contributed by atoms with Gasteiger partial charge in [-0.2, -0.15) is 0 Å². The molecule has 0 N–H and O–H groups in total. The molecule has 1 aliphatic rings. The fraction of sp³-hybridized carbons (Fsp3) is 0.394. The number of carbonyl (C=O) groups excluding carboxylic acids is 2. The second kappa shape index (κ2) is 12.8. The molecule has 0 aliphatic heterocycles. The summed E-state index contributed by atoms with van der Waals surface area (Å²) in [6, 6.07) is 21.5. The highest BCUT2D eigenvalue weighted by Crippen LogP contribution is 2.28. The number of methoxy groups -OCH3 is 1. The van der Waals surface area contributed by atoms with E-state index in [1.54, 1.807) is 12.1 Å². The third-order valence-electron chi connectivity index (χ3n) is 6.88. The van der Waals surface area contributed by atoms with Crippen molar-refractivity contribution in [1.82, 2.24) is 4.90 Å². The first-order valence-electron chi connectivity index (χ1n) is 13.7. The zero-order chi connectivity index (χ0) is 27.8. The Bertz CT molecular complexity index is 1290. The zero-order valence-electron chi connectivity index (χ0n) is 23.4. The van der Waals surface area contributed by atoms with Crippen LogP contribution in [-0.4, -0.2) is 48.9 Å². The number of esters is 1. The number of hydrogen-bond acceptors (Lipinski definition) is 5. The van der Waals surface area contributed by atoms with E-state index in [0.717, 1.165) is 53.3 Å². The standard InChI is InChI=1S/C33H39NO5/c1-33(2,3)39-32(36)34(28-13-6-5-7-14-28)22-25(21-24-17-19-27(20-18-24)31(35)37-4)23-38-30-16-10-12-26-11-8-9-15-29(26)30/h8-12,15-21,28H,5-7,13-14,22-23H2,1-4H3/b25-21-. The minimum Gasteiger partial charge on any atom is -0.489 e. The molecular formula is C33H39NO5. The molecule has 0 spiro atoms. The lowest BCUT2D eigenvalue weighted by atomic mass is 9.94. The predicted molar refractivity (Wildman–Crippen MR) is 155 cm³/mol. The molecule has 206 valence electrons. The molecule has 39 heavy (non-hydrogen) atoms. The van der Waals surface area contributed by atoms with Crippen molar-refractivity contribution in [2.75, 3.05) is 20.3 Å². The van der Waals surface area contributed by atoms with Crippen LogP contribution in [0.25, 0.3) is 16.8 Å². The van der Waals surface area contributed by atoms with Crippen LogP contribution in [0.15, 0.2) is 72.3 Å². The van der Waals surface area contributed by atoms with E-state index in [4.69, 9.17) is 14.2 Å². The Morgan fingerprint density at radius 1 is 0.923 bits per heavy atom. The highest BCUT2D eigenvalue weighted by atomic mass is 16.6. The minimum absolute atomic E-state index is 0.122. The average Bonchev–Trinajstić information content (AvgIpc) is 2.93. The fourth-order valence-corrected chi connectivity index (χ4v) is 4.97. The van der Waals surface area contributed by atoms with E-state index >= 15 is 0 Å². The summed E-state index contributed by atoms with van der Waals surface area (Å²) in [6.45, 7) is 6.38. The molecule has 0 aromatic heterocycles. The van der Waals surface area contributed by atoms with Gasteiger partial charge < -0.3 is 19.1 Å². The van der Waals surface area contributed by atoms with Crippen molar-refractivity contribution in [3.8, 4) is 5.75 Å². The Balaban J connectivity index is 1.64. The summed E-state index contributed by atoms with van der Waals surface area (Å²) in [7, 11) is 1.37. The van der Waals surface area contributed by atoms with Crippen LogP contribution in [0.1, 0.15) is 68.8 Å². The van der Waals surface area contributed by atoms with Crippen molar-refractivity contribution in [2.24, 2.45) is 0 Å². The molecule has 0 atom stereocenters. The Morgan fingerprint density at radius 3 is 2.31 bits per heavy atom. The third-order valence-corrected chi connectivity index (χ3v) is 6.88. The van der Waals surface area contributed by atoms with Gasteiger partial charge in [0.15, 0.2) is 0 Å². The maximum Gasteiger partial charge on any atom is 0.410 e. The second-order valence-electron chi connectivity index (χ2n) is 11.1.